The molecule has 0 bridgehead atoms. The second-order valence-corrected chi connectivity index (χ2v) is 3.67. The van der Waals surface area contributed by atoms with Gasteiger partial charge in [0.15, 0.2) is 0 Å². The summed E-state index contributed by atoms with van der Waals surface area (Å²) in [4.78, 5) is 0. The van der Waals surface area contributed by atoms with Crippen LogP contribution >= 0.6 is 0 Å². The average Bonchev–Trinajstić information content (AvgIpc) is 0.918. The first-order chi connectivity index (χ1) is 1.41. The van der Waals surface area contributed by atoms with E-state index in [-0.39, 0.29) is 16.8 Å². The van der Waals surface area contributed by atoms with Crippen LogP contribution in [0.3, 0.4) is 0 Å². The molecular weight excluding hydrogens is 131 g/mol. The van der Waals surface area contributed by atoms with Crippen LogP contribution in [0, 0.1) is 0 Å². The van der Waals surface area contributed by atoms with Crippen molar-refractivity contribution in [2.45, 2.75) is 0 Å². The molecule has 0 aliphatic heterocycles. The van der Waals surface area contributed by atoms with Crippen LogP contribution in [0.5, 0.6) is 0 Å². The molecule has 0 saturated carbocycles. The van der Waals surface area contributed by atoms with Gasteiger partial charge in [-0.2, -0.15) is 0 Å². The average molecular weight is 137 g/mol. The normalized spacial score (nSPS) is 6.00. The van der Waals surface area contributed by atoms with E-state index in [0.717, 1.165) is 21.0 Å². The largest absolute Gasteiger partial charge is 0.471 e. The standard InChI is InChI=1S/Co.H6OSi2/c;2-1-3/h;2-3H3. The Bertz CT molecular complexity index is 6.00. The van der Waals surface area contributed by atoms with E-state index in [0.29, 0.717) is 0 Å². The van der Waals surface area contributed by atoms with Crippen molar-refractivity contribution in [3.63, 3.8) is 0 Å². The molecule has 0 N–H and O–H groups in total. The topological polar surface area (TPSA) is 9.23 Å². The minimum Gasteiger partial charge on any atom is -0.471 e. The fourth-order valence-electron chi connectivity index (χ4n) is 0. The van der Waals surface area contributed by atoms with E-state index < -0.39 is 0 Å². The molecule has 0 aliphatic carbocycles. The van der Waals surface area contributed by atoms with Gasteiger partial charge in [-0.05, 0) is 0 Å². The maximum Gasteiger partial charge on any atom is 0.129 e. The van der Waals surface area contributed by atoms with Crippen LogP contribution in [-0.4, -0.2) is 21.0 Å². The third kappa shape index (κ3) is 12.9. The third-order valence-electron chi connectivity index (χ3n) is 0. The molecule has 1 nitrogen and oxygen atoms in total. The summed E-state index contributed by atoms with van der Waals surface area (Å²) in [6.45, 7) is 0. The molecule has 0 atom stereocenters. The summed E-state index contributed by atoms with van der Waals surface area (Å²) in [5, 5.41) is 0. The van der Waals surface area contributed by atoms with Gasteiger partial charge in [0.05, 0.1) is 0 Å². The molecule has 0 spiro atoms. The van der Waals surface area contributed by atoms with Gasteiger partial charge in [0.2, 0.25) is 0 Å². The van der Waals surface area contributed by atoms with E-state index >= 15 is 0 Å². The molecule has 0 unspecified atom stereocenters. The van der Waals surface area contributed by atoms with Crippen molar-refractivity contribution in [1.82, 2.24) is 0 Å². The Morgan fingerprint density at radius 2 is 1.25 bits per heavy atom. The smallest absolute Gasteiger partial charge is 0.129 e. The summed E-state index contributed by atoms with van der Waals surface area (Å²) in [5.74, 6) is 0. The molecule has 29 valence electrons. The summed E-state index contributed by atoms with van der Waals surface area (Å²) in [6, 6.07) is 0. The van der Waals surface area contributed by atoms with Gasteiger partial charge < -0.3 is 4.12 Å². The van der Waals surface area contributed by atoms with Gasteiger partial charge >= 0.3 is 0 Å². The molecule has 0 aliphatic rings. The van der Waals surface area contributed by atoms with Crippen LogP contribution in [0.2, 0.25) is 0 Å². The molecule has 0 amide bonds. The minimum atomic E-state index is 0. The van der Waals surface area contributed by atoms with Gasteiger partial charge in [-0.1, -0.05) is 0 Å². The van der Waals surface area contributed by atoms with Crippen molar-refractivity contribution in [1.29, 1.82) is 0 Å². The molecule has 0 heterocycles. The van der Waals surface area contributed by atoms with Crippen LogP contribution in [0.1, 0.15) is 0 Å². The van der Waals surface area contributed by atoms with Crippen molar-refractivity contribution in [2.24, 2.45) is 0 Å². The predicted octanol–water partition coefficient (Wildman–Crippen LogP) is -2.44. The minimum absolute atomic E-state index is 0. The molecule has 0 saturated heterocycles. The van der Waals surface area contributed by atoms with E-state index in [4.69, 9.17) is 0 Å². The molecule has 0 aromatic heterocycles. The Kier molecular flexibility index (Phi) is 20.1. The molecule has 4 heteroatoms. The summed E-state index contributed by atoms with van der Waals surface area (Å²) < 4.78 is 4.53. The number of hydrogen-bond acceptors (Lipinski definition) is 1. The van der Waals surface area contributed by atoms with Crippen LogP contribution in [0.25, 0.3) is 0 Å². The van der Waals surface area contributed by atoms with Gasteiger partial charge in [0.1, 0.15) is 21.0 Å². The third-order valence-corrected chi connectivity index (χ3v) is 0. The Balaban J connectivity index is 0. The quantitative estimate of drug-likeness (QED) is 0.337. The summed E-state index contributed by atoms with van der Waals surface area (Å²) >= 11 is 0. The summed E-state index contributed by atoms with van der Waals surface area (Å²) in [5.41, 5.74) is 0. The maximum absolute atomic E-state index is 4.53. The van der Waals surface area contributed by atoms with Gasteiger partial charge in [-0.25, -0.2) is 0 Å². The molecule has 0 aromatic carbocycles. The molecule has 1 radical (unpaired) electrons. The molecule has 0 rings (SSSR count). The van der Waals surface area contributed by atoms with E-state index in [1.54, 1.807) is 0 Å². The van der Waals surface area contributed by atoms with Gasteiger partial charge in [-0.3, -0.25) is 0 Å². The zero-order valence-corrected chi connectivity index (χ0v) is 7.78. The van der Waals surface area contributed by atoms with Crippen molar-refractivity contribution in [2.75, 3.05) is 0 Å². The van der Waals surface area contributed by atoms with Crippen LogP contribution in [-0.2, 0) is 20.9 Å². The predicted molar refractivity (Wildman–Crippen MR) is 21.0 cm³/mol. The van der Waals surface area contributed by atoms with E-state index in [1.165, 1.54) is 0 Å². The fourth-order valence-corrected chi connectivity index (χ4v) is 0. The Hall–Kier alpha value is 0.900. The Morgan fingerprint density at radius 3 is 1.25 bits per heavy atom. The van der Waals surface area contributed by atoms with Crippen LogP contribution < -0.4 is 0 Å². The first-order valence-corrected chi connectivity index (χ1v) is 2.45. The molecule has 4 heavy (non-hydrogen) atoms. The molecule has 0 aromatic rings. The number of rotatable bonds is 0. The SMILES string of the molecule is [Co].[SiH3]O[SiH3]. The van der Waals surface area contributed by atoms with E-state index in [2.05, 4.69) is 4.12 Å². The zero-order chi connectivity index (χ0) is 2.71. The zero-order valence-electron chi connectivity index (χ0n) is 2.74. The second-order valence-electron chi connectivity index (χ2n) is 0.408. The van der Waals surface area contributed by atoms with Crippen molar-refractivity contribution in [3.8, 4) is 0 Å². The first-order valence-electron chi connectivity index (χ1n) is 0.816. The monoisotopic (exact) mass is 137 g/mol. The number of hydrogen-bond donors (Lipinski definition) is 0. The van der Waals surface area contributed by atoms with Gasteiger partial charge in [0, 0.05) is 16.8 Å². The van der Waals surface area contributed by atoms with E-state index in [1.807, 2.05) is 0 Å². The van der Waals surface area contributed by atoms with Crippen LogP contribution in [0.4, 0.5) is 0 Å². The van der Waals surface area contributed by atoms with Crippen molar-refractivity contribution in [3.05, 3.63) is 0 Å². The second kappa shape index (κ2) is 9.09. The fraction of sp³-hybridized carbons (Fsp3) is 0. The van der Waals surface area contributed by atoms with Crippen molar-refractivity contribution >= 4 is 21.0 Å². The van der Waals surface area contributed by atoms with Crippen molar-refractivity contribution < 1.29 is 20.9 Å². The van der Waals surface area contributed by atoms with Crippen LogP contribution in [0.15, 0.2) is 0 Å². The summed E-state index contributed by atoms with van der Waals surface area (Å²) in [7, 11) is 1.86. The summed E-state index contributed by atoms with van der Waals surface area (Å²) in [6.07, 6.45) is 0. The maximum atomic E-state index is 4.53. The van der Waals surface area contributed by atoms with Gasteiger partial charge in [0.25, 0.3) is 0 Å². The Labute approximate surface area is 42.4 Å². The molecule has 0 fully saturated rings. The first kappa shape index (κ1) is 8.86. The van der Waals surface area contributed by atoms with Gasteiger partial charge in [-0.15, -0.1) is 0 Å². The molecular formula is H6CoOSi2. The van der Waals surface area contributed by atoms with E-state index in [9.17, 15) is 0 Å². The Morgan fingerprint density at radius 1 is 1.25 bits per heavy atom.